The Morgan fingerprint density at radius 2 is 1.58 bits per heavy atom. The smallest absolute Gasteiger partial charge is 0.122 e. The third kappa shape index (κ3) is 2.70. The molecule has 0 spiro atoms. The second-order valence-electron chi connectivity index (χ2n) is 4.96. The second-order valence-corrected chi connectivity index (χ2v) is 4.96. The van der Waals surface area contributed by atoms with Gasteiger partial charge >= 0.3 is 0 Å². The fourth-order valence-corrected chi connectivity index (χ4v) is 2.13. The first-order valence-corrected chi connectivity index (χ1v) is 6.44. The summed E-state index contributed by atoms with van der Waals surface area (Å²) in [5.74, 6) is 0.920. The van der Waals surface area contributed by atoms with Gasteiger partial charge in [0, 0.05) is 0 Å². The summed E-state index contributed by atoms with van der Waals surface area (Å²) in [7, 11) is 1.71. The van der Waals surface area contributed by atoms with Crippen molar-refractivity contribution in [3.63, 3.8) is 0 Å². The fourth-order valence-electron chi connectivity index (χ4n) is 2.13. The molecule has 0 aliphatic heterocycles. The molecule has 0 bridgehead atoms. The minimum Gasteiger partial charge on any atom is -0.496 e. The van der Waals surface area contributed by atoms with Crippen molar-refractivity contribution in [2.75, 3.05) is 7.11 Å². The summed E-state index contributed by atoms with van der Waals surface area (Å²) in [6.07, 6.45) is 0. The van der Waals surface area contributed by atoms with Crippen molar-refractivity contribution in [1.82, 2.24) is 0 Å². The summed E-state index contributed by atoms with van der Waals surface area (Å²) in [5.41, 5.74) is 6.96. The first kappa shape index (κ1) is 13.4. The second kappa shape index (κ2) is 5.31. The van der Waals surface area contributed by atoms with E-state index in [0.29, 0.717) is 0 Å². The molecule has 0 saturated heterocycles. The molecule has 0 fully saturated rings. The predicted molar refractivity (Wildman–Crippen MR) is 81.8 cm³/mol. The number of hydrogen-bond donors (Lipinski definition) is 0. The van der Waals surface area contributed by atoms with Gasteiger partial charge in [-0.2, -0.15) is 0 Å². The van der Waals surface area contributed by atoms with Crippen molar-refractivity contribution in [3.05, 3.63) is 70.8 Å². The van der Waals surface area contributed by atoms with Gasteiger partial charge in [0.25, 0.3) is 0 Å². The zero-order chi connectivity index (χ0) is 14.0. The summed E-state index contributed by atoms with van der Waals surface area (Å²) in [5, 5.41) is 0. The van der Waals surface area contributed by atoms with E-state index < -0.39 is 0 Å². The molecule has 0 saturated carbocycles. The Labute approximate surface area is 115 Å². The van der Waals surface area contributed by atoms with Gasteiger partial charge in [-0.1, -0.05) is 42.5 Å². The summed E-state index contributed by atoms with van der Waals surface area (Å²) in [6.45, 7) is 10.5. The van der Waals surface area contributed by atoms with Crippen LogP contribution in [-0.2, 0) is 0 Å². The molecule has 2 aromatic rings. The highest BCUT2D eigenvalue weighted by Gasteiger charge is 2.08. The first-order valence-electron chi connectivity index (χ1n) is 6.44. The first-order chi connectivity index (χ1) is 9.02. The average molecular weight is 252 g/mol. The molecule has 0 aromatic heterocycles. The molecule has 98 valence electrons. The highest BCUT2D eigenvalue weighted by Crippen LogP contribution is 2.29. The number of rotatable bonds is 3. The van der Waals surface area contributed by atoms with E-state index in [-0.39, 0.29) is 0 Å². The van der Waals surface area contributed by atoms with E-state index in [0.717, 1.165) is 22.4 Å². The van der Waals surface area contributed by atoms with Crippen molar-refractivity contribution in [2.24, 2.45) is 0 Å². The molecule has 0 radical (unpaired) electrons. The molecule has 0 heterocycles. The van der Waals surface area contributed by atoms with Crippen molar-refractivity contribution >= 4 is 5.57 Å². The monoisotopic (exact) mass is 252 g/mol. The van der Waals surface area contributed by atoms with Gasteiger partial charge in [-0.3, -0.25) is 0 Å². The molecule has 2 aromatic carbocycles. The fraction of sp³-hybridized carbons (Fsp3) is 0.222. The minimum absolute atomic E-state index is 0.920. The molecular formula is C18H20O. The van der Waals surface area contributed by atoms with Crippen LogP contribution in [0.4, 0.5) is 0 Å². The van der Waals surface area contributed by atoms with E-state index in [4.69, 9.17) is 4.74 Å². The van der Waals surface area contributed by atoms with Gasteiger partial charge in [-0.15, -0.1) is 0 Å². The average Bonchev–Trinajstić information content (AvgIpc) is 2.41. The van der Waals surface area contributed by atoms with Gasteiger partial charge in [0.15, 0.2) is 0 Å². The van der Waals surface area contributed by atoms with Gasteiger partial charge in [0.1, 0.15) is 5.75 Å². The molecule has 2 rings (SSSR count). The van der Waals surface area contributed by atoms with Gasteiger partial charge in [0.2, 0.25) is 0 Å². The highest BCUT2D eigenvalue weighted by atomic mass is 16.5. The van der Waals surface area contributed by atoms with Gasteiger partial charge in [-0.25, -0.2) is 0 Å². The topological polar surface area (TPSA) is 9.23 Å². The van der Waals surface area contributed by atoms with Crippen LogP contribution in [0.2, 0.25) is 0 Å². The Balaban J connectivity index is 2.44. The van der Waals surface area contributed by atoms with Crippen molar-refractivity contribution < 1.29 is 4.74 Å². The SMILES string of the molecule is C=C(c1ccc(C)cc1)c1cc(C)c(C)c(OC)c1. The Morgan fingerprint density at radius 1 is 0.947 bits per heavy atom. The molecule has 1 heteroatoms. The third-order valence-electron chi connectivity index (χ3n) is 3.59. The van der Waals surface area contributed by atoms with Gasteiger partial charge in [-0.05, 0) is 54.7 Å². The van der Waals surface area contributed by atoms with Gasteiger partial charge < -0.3 is 4.74 Å². The van der Waals surface area contributed by atoms with E-state index in [1.54, 1.807) is 7.11 Å². The van der Waals surface area contributed by atoms with Crippen LogP contribution >= 0.6 is 0 Å². The number of hydrogen-bond acceptors (Lipinski definition) is 1. The Bertz CT molecular complexity index is 606. The largest absolute Gasteiger partial charge is 0.496 e. The van der Waals surface area contributed by atoms with Crippen molar-refractivity contribution in [3.8, 4) is 5.75 Å². The van der Waals surface area contributed by atoms with Gasteiger partial charge in [0.05, 0.1) is 7.11 Å². The molecular weight excluding hydrogens is 232 g/mol. The number of methoxy groups -OCH3 is 1. The van der Waals surface area contributed by atoms with E-state index in [9.17, 15) is 0 Å². The summed E-state index contributed by atoms with van der Waals surface area (Å²) >= 11 is 0. The molecule has 0 aliphatic carbocycles. The maximum Gasteiger partial charge on any atom is 0.122 e. The maximum absolute atomic E-state index is 5.43. The number of aryl methyl sites for hydroxylation is 2. The number of benzene rings is 2. The van der Waals surface area contributed by atoms with Crippen LogP contribution in [0.25, 0.3) is 5.57 Å². The van der Waals surface area contributed by atoms with E-state index in [2.05, 4.69) is 63.7 Å². The van der Waals surface area contributed by atoms with Crippen LogP contribution in [0.1, 0.15) is 27.8 Å². The molecule has 0 atom stereocenters. The lowest BCUT2D eigenvalue weighted by atomic mass is 9.95. The van der Waals surface area contributed by atoms with Crippen molar-refractivity contribution in [2.45, 2.75) is 20.8 Å². The van der Waals surface area contributed by atoms with E-state index in [1.165, 1.54) is 16.7 Å². The molecule has 0 unspecified atom stereocenters. The summed E-state index contributed by atoms with van der Waals surface area (Å²) < 4.78 is 5.43. The Hall–Kier alpha value is -2.02. The molecule has 1 nitrogen and oxygen atoms in total. The molecule has 19 heavy (non-hydrogen) atoms. The Morgan fingerprint density at radius 3 is 2.16 bits per heavy atom. The lowest BCUT2D eigenvalue weighted by Gasteiger charge is -2.13. The minimum atomic E-state index is 0.920. The highest BCUT2D eigenvalue weighted by molar-refractivity contribution is 5.79. The number of ether oxygens (including phenoxy) is 1. The van der Waals surface area contributed by atoms with Crippen LogP contribution in [-0.4, -0.2) is 7.11 Å². The zero-order valence-corrected chi connectivity index (χ0v) is 12.1. The quantitative estimate of drug-likeness (QED) is 0.770. The predicted octanol–water partition coefficient (Wildman–Crippen LogP) is 4.68. The molecule has 0 aliphatic rings. The van der Waals surface area contributed by atoms with E-state index >= 15 is 0 Å². The van der Waals surface area contributed by atoms with Crippen LogP contribution in [0, 0.1) is 20.8 Å². The normalized spacial score (nSPS) is 10.3. The molecule has 0 N–H and O–H groups in total. The van der Waals surface area contributed by atoms with Crippen LogP contribution in [0.3, 0.4) is 0 Å². The lowest BCUT2D eigenvalue weighted by Crippen LogP contribution is -1.94. The molecule has 0 amide bonds. The lowest BCUT2D eigenvalue weighted by molar-refractivity contribution is 0.411. The summed E-state index contributed by atoms with van der Waals surface area (Å²) in [6, 6.07) is 12.7. The van der Waals surface area contributed by atoms with Crippen LogP contribution in [0.15, 0.2) is 43.0 Å². The van der Waals surface area contributed by atoms with Crippen LogP contribution < -0.4 is 4.74 Å². The summed E-state index contributed by atoms with van der Waals surface area (Å²) in [4.78, 5) is 0. The standard InChI is InChI=1S/C18H20O/c1-12-6-8-16(9-7-12)15(4)17-10-13(2)14(3)18(11-17)19-5/h6-11H,4H2,1-3,5H3. The van der Waals surface area contributed by atoms with Crippen molar-refractivity contribution in [1.29, 1.82) is 0 Å². The Kier molecular flexibility index (Phi) is 3.75. The van der Waals surface area contributed by atoms with Crippen LogP contribution in [0.5, 0.6) is 5.75 Å². The third-order valence-corrected chi connectivity index (χ3v) is 3.59. The maximum atomic E-state index is 5.43. The van der Waals surface area contributed by atoms with E-state index in [1.807, 2.05) is 0 Å². The zero-order valence-electron chi connectivity index (χ0n) is 12.1.